The predicted molar refractivity (Wildman–Crippen MR) is 124 cm³/mol. The van der Waals surface area contributed by atoms with Crippen LogP contribution < -0.4 is 10.3 Å². The maximum atomic E-state index is 13.4. The first kappa shape index (κ1) is 23.1. The lowest BCUT2D eigenvalue weighted by atomic mass is 10.1. The lowest BCUT2D eigenvalue weighted by Crippen LogP contribution is -2.23. The number of alkyl halides is 3. The molecular formula is C25H17F3N2O3S. The lowest BCUT2D eigenvalue weighted by molar-refractivity contribution is -0.136. The van der Waals surface area contributed by atoms with Crippen LogP contribution in [0.4, 0.5) is 18.9 Å². The van der Waals surface area contributed by atoms with Crippen LogP contribution in [0.2, 0.25) is 0 Å². The van der Waals surface area contributed by atoms with E-state index in [1.807, 2.05) is 0 Å². The molecule has 0 saturated heterocycles. The molecule has 0 saturated carbocycles. The Morgan fingerprint density at radius 2 is 1.59 bits per heavy atom. The molecule has 0 spiro atoms. The fourth-order valence-corrected chi connectivity index (χ4v) is 4.60. The Morgan fingerprint density at radius 3 is 2.21 bits per heavy atom. The molecule has 5 nitrogen and oxygen atoms in total. The highest BCUT2D eigenvalue weighted by molar-refractivity contribution is 7.92. The SMILES string of the molecule is C#Cc1ccc(NS(=O)(=O)c2ccc(Cn3c(=O)cc(C(F)(F)F)c4ccccc43)cc2)cc1. The summed E-state index contributed by atoms with van der Waals surface area (Å²) in [6.07, 6.45) is 0.629. The number of hydrogen-bond acceptors (Lipinski definition) is 3. The standard InChI is InChI=1S/C25H17F3N2O3S/c1-2-17-7-11-19(12-8-17)29-34(32,33)20-13-9-18(10-14-20)16-30-23-6-4-3-5-21(23)22(15-24(30)31)25(26,27)28/h1,3-15,29H,16H2. The second-order valence-electron chi connectivity index (χ2n) is 7.47. The van der Waals surface area contributed by atoms with E-state index in [9.17, 15) is 26.4 Å². The van der Waals surface area contributed by atoms with E-state index < -0.39 is 27.3 Å². The molecule has 0 fully saturated rings. The van der Waals surface area contributed by atoms with Crippen LogP contribution in [0.15, 0.2) is 88.6 Å². The van der Waals surface area contributed by atoms with Gasteiger partial charge in [0.25, 0.3) is 15.6 Å². The fourth-order valence-electron chi connectivity index (χ4n) is 3.54. The summed E-state index contributed by atoms with van der Waals surface area (Å²) in [7, 11) is -3.88. The van der Waals surface area contributed by atoms with Crippen LogP contribution in [-0.4, -0.2) is 13.0 Å². The van der Waals surface area contributed by atoms with Gasteiger partial charge in [-0.05, 0) is 48.0 Å². The number of nitrogens with zero attached hydrogens (tertiary/aromatic N) is 1. The minimum absolute atomic E-state index is 0.0121. The molecule has 3 aromatic carbocycles. The highest BCUT2D eigenvalue weighted by atomic mass is 32.2. The van der Waals surface area contributed by atoms with Gasteiger partial charge in [0, 0.05) is 22.7 Å². The molecule has 0 aliphatic heterocycles. The maximum Gasteiger partial charge on any atom is 0.417 e. The molecule has 0 aliphatic rings. The molecule has 0 unspecified atom stereocenters. The van der Waals surface area contributed by atoms with Crippen molar-refractivity contribution in [3.63, 3.8) is 0 Å². The highest BCUT2D eigenvalue weighted by Crippen LogP contribution is 2.33. The summed E-state index contributed by atoms with van der Waals surface area (Å²) in [6.45, 7) is -0.0290. The summed E-state index contributed by atoms with van der Waals surface area (Å²) in [5, 5.41) is -0.0890. The number of fused-ring (bicyclic) bond motifs is 1. The molecule has 0 aliphatic carbocycles. The van der Waals surface area contributed by atoms with Gasteiger partial charge in [-0.2, -0.15) is 13.2 Å². The summed E-state index contributed by atoms with van der Waals surface area (Å²) in [5.74, 6) is 2.44. The number of pyridine rings is 1. The van der Waals surface area contributed by atoms with E-state index in [0.29, 0.717) is 22.9 Å². The molecule has 4 aromatic rings. The molecular weight excluding hydrogens is 465 g/mol. The van der Waals surface area contributed by atoms with Gasteiger partial charge in [-0.15, -0.1) is 6.42 Å². The summed E-state index contributed by atoms with van der Waals surface area (Å²) >= 11 is 0. The monoisotopic (exact) mass is 482 g/mol. The molecule has 9 heteroatoms. The van der Waals surface area contributed by atoms with Crippen molar-refractivity contribution < 1.29 is 21.6 Å². The normalized spacial score (nSPS) is 11.8. The molecule has 0 amide bonds. The largest absolute Gasteiger partial charge is 0.417 e. The Kier molecular flexibility index (Phi) is 5.94. The maximum absolute atomic E-state index is 13.4. The molecule has 0 atom stereocenters. The number of para-hydroxylation sites is 1. The molecule has 1 N–H and O–H groups in total. The van der Waals surface area contributed by atoms with Gasteiger partial charge in [0.2, 0.25) is 0 Å². The molecule has 1 aromatic heterocycles. The third-order valence-electron chi connectivity index (χ3n) is 5.20. The van der Waals surface area contributed by atoms with Crippen LogP contribution in [0.5, 0.6) is 0 Å². The first-order valence-corrected chi connectivity index (χ1v) is 11.4. The molecule has 0 radical (unpaired) electrons. The van der Waals surface area contributed by atoms with Gasteiger partial charge in [-0.3, -0.25) is 9.52 Å². The van der Waals surface area contributed by atoms with Gasteiger partial charge in [-0.25, -0.2) is 8.42 Å². The van der Waals surface area contributed by atoms with E-state index in [1.54, 1.807) is 30.3 Å². The summed E-state index contributed by atoms with van der Waals surface area (Å²) in [4.78, 5) is 12.5. The minimum Gasteiger partial charge on any atom is -0.304 e. The number of sulfonamides is 1. The minimum atomic E-state index is -4.66. The van der Waals surface area contributed by atoms with Gasteiger partial charge in [-0.1, -0.05) is 36.3 Å². The van der Waals surface area contributed by atoms with Crippen molar-refractivity contribution >= 4 is 26.6 Å². The molecule has 4 rings (SSSR count). The number of benzene rings is 3. The van der Waals surface area contributed by atoms with Crippen molar-refractivity contribution in [3.05, 3.63) is 106 Å². The Labute approximate surface area is 193 Å². The molecule has 172 valence electrons. The van der Waals surface area contributed by atoms with Gasteiger partial charge in [0.15, 0.2) is 0 Å². The van der Waals surface area contributed by atoms with Crippen LogP contribution in [0.3, 0.4) is 0 Å². The zero-order chi connectivity index (χ0) is 24.5. The zero-order valence-electron chi connectivity index (χ0n) is 17.5. The number of anilines is 1. The first-order chi connectivity index (χ1) is 16.1. The van der Waals surface area contributed by atoms with Crippen LogP contribution >= 0.6 is 0 Å². The van der Waals surface area contributed by atoms with Gasteiger partial charge < -0.3 is 4.57 Å². The van der Waals surface area contributed by atoms with Crippen molar-refractivity contribution in [1.29, 1.82) is 0 Å². The quantitative estimate of drug-likeness (QED) is 0.414. The van der Waals surface area contributed by atoms with Crippen molar-refractivity contribution in [1.82, 2.24) is 4.57 Å². The molecule has 1 heterocycles. The van der Waals surface area contributed by atoms with E-state index in [1.165, 1.54) is 47.0 Å². The van der Waals surface area contributed by atoms with Crippen molar-refractivity contribution in [2.45, 2.75) is 17.6 Å². The Balaban J connectivity index is 1.63. The second kappa shape index (κ2) is 8.72. The van der Waals surface area contributed by atoms with Crippen molar-refractivity contribution in [2.24, 2.45) is 0 Å². The Hall–Kier alpha value is -4.03. The number of hydrogen-bond donors (Lipinski definition) is 1. The first-order valence-electron chi connectivity index (χ1n) is 9.97. The number of terminal acetylenes is 1. The summed E-state index contributed by atoms with van der Waals surface area (Å²) in [6, 6.07) is 18.4. The van der Waals surface area contributed by atoms with Crippen LogP contribution in [0.1, 0.15) is 16.7 Å². The number of halogens is 3. The topological polar surface area (TPSA) is 68.2 Å². The van der Waals surface area contributed by atoms with Crippen LogP contribution in [0, 0.1) is 12.3 Å². The van der Waals surface area contributed by atoms with Gasteiger partial charge >= 0.3 is 6.18 Å². The van der Waals surface area contributed by atoms with E-state index in [-0.39, 0.29) is 22.3 Å². The predicted octanol–water partition coefficient (Wildman–Crippen LogP) is 4.85. The second-order valence-corrected chi connectivity index (χ2v) is 9.15. The van der Waals surface area contributed by atoms with Crippen molar-refractivity contribution in [3.8, 4) is 12.3 Å². The Morgan fingerprint density at radius 1 is 0.941 bits per heavy atom. The molecule has 0 bridgehead atoms. The van der Waals surface area contributed by atoms with Gasteiger partial charge in [0.05, 0.1) is 22.5 Å². The summed E-state index contributed by atoms with van der Waals surface area (Å²) < 4.78 is 69.2. The summed E-state index contributed by atoms with van der Waals surface area (Å²) in [5.41, 5.74) is -0.170. The number of aromatic nitrogens is 1. The fraction of sp³-hybridized carbons (Fsp3) is 0.0800. The highest BCUT2D eigenvalue weighted by Gasteiger charge is 2.33. The number of nitrogens with one attached hydrogen (secondary N) is 1. The third kappa shape index (κ3) is 4.67. The average Bonchev–Trinajstić information content (AvgIpc) is 2.80. The Bertz CT molecular complexity index is 1570. The van der Waals surface area contributed by atoms with Gasteiger partial charge in [0.1, 0.15) is 0 Å². The average molecular weight is 482 g/mol. The van der Waals surface area contributed by atoms with Crippen molar-refractivity contribution in [2.75, 3.05) is 4.72 Å². The van der Waals surface area contributed by atoms with Crippen LogP contribution in [0.25, 0.3) is 10.9 Å². The lowest BCUT2D eigenvalue weighted by Gasteiger charge is -2.15. The molecule has 34 heavy (non-hydrogen) atoms. The van der Waals surface area contributed by atoms with E-state index in [2.05, 4.69) is 10.6 Å². The van der Waals surface area contributed by atoms with E-state index >= 15 is 0 Å². The smallest absolute Gasteiger partial charge is 0.304 e. The van der Waals surface area contributed by atoms with E-state index in [4.69, 9.17) is 6.42 Å². The number of rotatable bonds is 5. The van der Waals surface area contributed by atoms with Crippen LogP contribution in [-0.2, 0) is 22.7 Å². The van der Waals surface area contributed by atoms with E-state index in [0.717, 1.165) is 0 Å². The zero-order valence-corrected chi connectivity index (χ0v) is 18.3. The third-order valence-corrected chi connectivity index (χ3v) is 6.60.